The summed E-state index contributed by atoms with van der Waals surface area (Å²) in [6.07, 6.45) is 0.911. The van der Waals surface area contributed by atoms with Gasteiger partial charge in [0.15, 0.2) is 0 Å². The molecule has 4 atom stereocenters. The van der Waals surface area contributed by atoms with Crippen LogP contribution in [0, 0.1) is 5.92 Å². The van der Waals surface area contributed by atoms with Crippen molar-refractivity contribution in [3.05, 3.63) is 0 Å². The van der Waals surface area contributed by atoms with Crippen LogP contribution >= 0.6 is 0 Å². The number of carbonyl (C=O) groups excluding carboxylic acids is 2. The van der Waals surface area contributed by atoms with Crippen molar-refractivity contribution < 1.29 is 19.4 Å². The number of fused-ring (bicyclic) bond motifs is 1. The van der Waals surface area contributed by atoms with E-state index in [1.54, 1.807) is 11.8 Å². The van der Waals surface area contributed by atoms with Gasteiger partial charge >= 0.3 is 5.97 Å². The minimum Gasteiger partial charge on any atom is -0.464 e. The molecule has 2 aliphatic heterocycles. The van der Waals surface area contributed by atoms with Gasteiger partial charge in [0.1, 0.15) is 6.04 Å². The smallest absolute Gasteiger partial charge is 0.329 e. The molecule has 4 unspecified atom stereocenters. The second-order valence-electron chi connectivity index (χ2n) is 4.96. The second-order valence-corrected chi connectivity index (χ2v) is 4.96. The summed E-state index contributed by atoms with van der Waals surface area (Å²) < 4.78 is 5.03. The van der Waals surface area contributed by atoms with Crippen molar-refractivity contribution in [1.29, 1.82) is 0 Å². The summed E-state index contributed by atoms with van der Waals surface area (Å²) in [5.41, 5.74) is 0. The maximum Gasteiger partial charge on any atom is 0.329 e. The zero-order valence-electron chi connectivity index (χ0n) is 10.3. The number of hydrogen-bond acceptors (Lipinski definition) is 4. The predicted octanol–water partition coefficient (Wildman–Crippen LogP) is 0.310. The van der Waals surface area contributed by atoms with Crippen LogP contribution < -0.4 is 0 Å². The van der Waals surface area contributed by atoms with E-state index in [2.05, 4.69) is 0 Å². The van der Waals surface area contributed by atoms with Gasteiger partial charge < -0.3 is 14.7 Å². The summed E-state index contributed by atoms with van der Waals surface area (Å²) >= 11 is 0. The fourth-order valence-corrected chi connectivity index (χ4v) is 3.02. The first-order valence-electron chi connectivity index (χ1n) is 6.20. The highest BCUT2D eigenvalue weighted by Gasteiger charge is 2.49. The van der Waals surface area contributed by atoms with E-state index in [-0.39, 0.29) is 30.3 Å². The molecule has 0 aliphatic carbocycles. The average molecular weight is 241 g/mol. The number of hydrogen-bond donors (Lipinski definition) is 1. The van der Waals surface area contributed by atoms with Crippen LogP contribution in [0.3, 0.4) is 0 Å². The van der Waals surface area contributed by atoms with Gasteiger partial charge in [0.05, 0.1) is 19.1 Å². The average Bonchev–Trinajstić information content (AvgIpc) is 2.54. The second kappa shape index (κ2) is 4.64. The quantitative estimate of drug-likeness (QED) is 0.707. The van der Waals surface area contributed by atoms with Gasteiger partial charge in [-0.05, 0) is 25.7 Å². The Balaban J connectivity index is 2.17. The highest BCUT2D eigenvalue weighted by molar-refractivity contribution is 5.86. The minimum atomic E-state index is -0.558. The van der Waals surface area contributed by atoms with E-state index in [1.165, 1.54) is 0 Å². The Morgan fingerprint density at radius 2 is 2.24 bits per heavy atom. The Morgan fingerprint density at radius 3 is 2.88 bits per heavy atom. The Kier molecular flexibility index (Phi) is 3.38. The molecular weight excluding hydrogens is 222 g/mol. The molecule has 1 amide bonds. The lowest BCUT2D eigenvalue weighted by Gasteiger charge is -2.35. The molecule has 2 heterocycles. The number of carbonyl (C=O) groups is 2. The number of ether oxygens (including phenoxy) is 1. The lowest BCUT2D eigenvalue weighted by Crippen LogP contribution is -2.51. The van der Waals surface area contributed by atoms with Crippen LogP contribution in [0.1, 0.15) is 33.1 Å². The fourth-order valence-electron chi connectivity index (χ4n) is 3.02. The van der Waals surface area contributed by atoms with Crippen molar-refractivity contribution in [3.63, 3.8) is 0 Å². The molecule has 96 valence electrons. The van der Waals surface area contributed by atoms with E-state index >= 15 is 0 Å². The van der Waals surface area contributed by atoms with Gasteiger partial charge in [0, 0.05) is 6.04 Å². The van der Waals surface area contributed by atoms with Crippen molar-refractivity contribution in [1.82, 2.24) is 4.90 Å². The van der Waals surface area contributed by atoms with Gasteiger partial charge in [-0.25, -0.2) is 4.79 Å². The fraction of sp³-hybridized carbons (Fsp3) is 0.833. The molecule has 2 saturated heterocycles. The molecule has 2 aliphatic rings. The van der Waals surface area contributed by atoms with Gasteiger partial charge in [-0.1, -0.05) is 6.92 Å². The Labute approximate surface area is 101 Å². The van der Waals surface area contributed by atoms with Crippen LogP contribution in [0.25, 0.3) is 0 Å². The molecule has 0 saturated carbocycles. The lowest BCUT2D eigenvalue weighted by molar-refractivity contribution is -0.158. The number of piperidine rings is 1. The van der Waals surface area contributed by atoms with Crippen LogP contribution in [-0.4, -0.2) is 46.7 Å². The van der Waals surface area contributed by atoms with Gasteiger partial charge in [-0.15, -0.1) is 0 Å². The lowest BCUT2D eigenvalue weighted by atomic mass is 9.97. The topological polar surface area (TPSA) is 66.8 Å². The first-order chi connectivity index (χ1) is 8.04. The predicted molar refractivity (Wildman–Crippen MR) is 60.1 cm³/mol. The number of aliphatic hydroxyl groups is 1. The molecule has 0 aromatic heterocycles. The minimum absolute atomic E-state index is 0.00402. The van der Waals surface area contributed by atoms with Crippen LogP contribution in [0.2, 0.25) is 0 Å². The Hall–Kier alpha value is -1.10. The van der Waals surface area contributed by atoms with E-state index in [1.807, 2.05) is 6.92 Å². The third-order valence-corrected chi connectivity index (χ3v) is 3.65. The summed E-state index contributed by atoms with van der Waals surface area (Å²) in [6.45, 7) is 4.05. The molecule has 0 aromatic carbocycles. The van der Waals surface area contributed by atoms with Crippen LogP contribution in [0.15, 0.2) is 0 Å². The molecule has 17 heavy (non-hydrogen) atoms. The van der Waals surface area contributed by atoms with Crippen molar-refractivity contribution in [2.75, 3.05) is 6.61 Å². The number of esters is 1. The van der Waals surface area contributed by atoms with Crippen molar-refractivity contribution in [2.45, 2.75) is 51.3 Å². The third kappa shape index (κ3) is 2.16. The van der Waals surface area contributed by atoms with Crippen molar-refractivity contribution in [3.8, 4) is 0 Å². The van der Waals surface area contributed by atoms with Gasteiger partial charge in [0.25, 0.3) is 0 Å². The SMILES string of the molecule is CCOC(=O)C1C(C)CC2CC(O)CC(=O)N21. The normalized spacial score (nSPS) is 36.9. The summed E-state index contributed by atoms with van der Waals surface area (Å²) in [5, 5.41) is 9.58. The monoisotopic (exact) mass is 241 g/mol. The summed E-state index contributed by atoms with van der Waals surface area (Å²) in [6, 6.07) is -0.462. The van der Waals surface area contributed by atoms with E-state index in [4.69, 9.17) is 4.74 Å². The van der Waals surface area contributed by atoms with E-state index in [0.717, 1.165) is 6.42 Å². The summed E-state index contributed by atoms with van der Waals surface area (Å²) in [5.74, 6) is -0.336. The molecule has 2 rings (SSSR count). The van der Waals surface area contributed by atoms with E-state index in [0.29, 0.717) is 13.0 Å². The van der Waals surface area contributed by atoms with Crippen molar-refractivity contribution >= 4 is 11.9 Å². The zero-order valence-corrected chi connectivity index (χ0v) is 10.3. The Bertz CT molecular complexity index is 322. The van der Waals surface area contributed by atoms with Crippen LogP contribution in [0.4, 0.5) is 0 Å². The van der Waals surface area contributed by atoms with E-state index < -0.39 is 12.1 Å². The number of aliphatic hydroxyl groups excluding tert-OH is 1. The van der Waals surface area contributed by atoms with Crippen LogP contribution in [0.5, 0.6) is 0 Å². The molecule has 5 nitrogen and oxygen atoms in total. The zero-order chi connectivity index (χ0) is 12.6. The first-order valence-corrected chi connectivity index (χ1v) is 6.20. The van der Waals surface area contributed by atoms with E-state index in [9.17, 15) is 14.7 Å². The van der Waals surface area contributed by atoms with Gasteiger partial charge in [-0.2, -0.15) is 0 Å². The number of amides is 1. The highest BCUT2D eigenvalue weighted by atomic mass is 16.5. The molecule has 1 N–H and O–H groups in total. The molecule has 5 heteroatoms. The summed E-state index contributed by atoms with van der Waals surface area (Å²) in [7, 11) is 0. The first kappa shape index (κ1) is 12.4. The number of nitrogens with zero attached hydrogens (tertiary/aromatic N) is 1. The maximum absolute atomic E-state index is 11.9. The highest BCUT2D eigenvalue weighted by Crippen LogP contribution is 2.36. The third-order valence-electron chi connectivity index (χ3n) is 3.65. The summed E-state index contributed by atoms with van der Waals surface area (Å²) in [4.78, 5) is 25.4. The molecule has 0 aromatic rings. The standard InChI is InChI=1S/C12H19NO4/c1-3-17-12(16)11-7(2)4-8-5-9(14)6-10(15)13(8)11/h7-9,11,14H,3-6H2,1-2H3. The van der Waals surface area contributed by atoms with Crippen molar-refractivity contribution in [2.24, 2.45) is 5.92 Å². The Morgan fingerprint density at radius 1 is 1.53 bits per heavy atom. The molecule has 0 bridgehead atoms. The van der Waals surface area contributed by atoms with Gasteiger partial charge in [-0.3, -0.25) is 4.79 Å². The molecular formula is C12H19NO4. The number of rotatable bonds is 2. The molecule has 2 fully saturated rings. The van der Waals surface area contributed by atoms with Crippen LogP contribution in [-0.2, 0) is 14.3 Å². The maximum atomic E-state index is 11.9. The van der Waals surface area contributed by atoms with Gasteiger partial charge in [0.2, 0.25) is 5.91 Å². The molecule has 0 radical (unpaired) electrons. The largest absolute Gasteiger partial charge is 0.464 e. The molecule has 0 spiro atoms.